The Bertz CT molecular complexity index is 269. The third kappa shape index (κ3) is 2.46. The van der Waals surface area contributed by atoms with Crippen LogP contribution in [0.4, 0.5) is 0 Å². The highest BCUT2D eigenvalue weighted by molar-refractivity contribution is 5.35. The quantitative estimate of drug-likeness (QED) is 0.708. The molecule has 0 unspecified atom stereocenters. The first-order valence-electron chi connectivity index (χ1n) is 4.46. The van der Waals surface area contributed by atoms with E-state index in [9.17, 15) is 0 Å². The van der Waals surface area contributed by atoms with Crippen LogP contribution in [-0.2, 0) is 17.8 Å². The van der Waals surface area contributed by atoms with Crippen LogP contribution in [-0.4, -0.2) is 14.2 Å². The molecule has 0 bridgehead atoms. The normalized spacial score (nSPS) is 10.1. The van der Waals surface area contributed by atoms with E-state index in [-0.39, 0.29) is 0 Å². The molecule has 0 saturated heterocycles. The van der Waals surface area contributed by atoms with Crippen LogP contribution in [0.5, 0.6) is 5.75 Å². The number of aryl methyl sites for hydroxylation is 1. The highest BCUT2D eigenvalue weighted by Crippen LogP contribution is 2.18. The zero-order chi connectivity index (χ0) is 9.68. The fraction of sp³-hybridized carbons (Fsp3) is 0.455. The van der Waals surface area contributed by atoms with Gasteiger partial charge >= 0.3 is 0 Å². The van der Waals surface area contributed by atoms with Crippen molar-refractivity contribution in [1.29, 1.82) is 0 Å². The van der Waals surface area contributed by atoms with Crippen LogP contribution in [0.3, 0.4) is 0 Å². The van der Waals surface area contributed by atoms with E-state index in [4.69, 9.17) is 9.47 Å². The Kier molecular flexibility index (Phi) is 3.77. The predicted octanol–water partition coefficient (Wildman–Crippen LogP) is 2.40. The summed E-state index contributed by atoms with van der Waals surface area (Å²) >= 11 is 0. The fourth-order valence-corrected chi connectivity index (χ4v) is 1.36. The summed E-state index contributed by atoms with van der Waals surface area (Å²) in [6.45, 7) is 2.79. The molecule has 13 heavy (non-hydrogen) atoms. The van der Waals surface area contributed by atoms with Crippen molar-refractivity contribution in [1.82, 2.24) is 0 Å². The van der Waals surface area contributed by atoms with Gasteiger partial charge in [-0.25, -0.2) is 0 Å². The zero-order valence-corrected chi connectivity index (χ0v) is 8.46. The Balaban J connectivity index is 2.95. The highest BCUT2D eigenvalue weighted by Gasteiger charge is 2.01. The van der Waals surface area contributed by atoms with E-state index < -0.39 is 0 Å². The van der Waals surface area contributed by atoms with Gasteiger partial charge in [0.25, 0.3) is 0 Å². The second-order valence-corrected chi connectivity index (χ2v) is 2.92. The Morgan fingerprint density at radius 2 is 1.92 bits per heavy atom. The predicted molar refractivity (Wildman–Crippen MR) is 53.1 cm³/mol. The lowest BCUT2D eigenvalue weighted by Gasteiger charge is -2.08. The van der Waals surface area contributed by atoms with Crippen molar-refractivity contribution >= 4 is 0 Å². The molecular weight excluding hydrogens is 164 g/mol. The van der Waals surface area contributed by atoms with E-state index in [2.05, 4.69) is 13.0 Å². The number of methoxy groups -OCH3 is 2. The SMILES string of the molecule is CCc1ccc(OC)cc1COC. The van der Waals surface area contributed by atoms with Crippen molar-refractivity contribution in [3.63, 3.8) is 0 Å². The first-order valence-corrected chi connectivity index (χ1v) is 4.46. The maximum atomic E-state index is 5.15. The summed E-state index contributed by atoms with van der Waals surface area (Å²) < 4.78 is 10.3. The van der Waals surface area contributed by atoms with Gasteiger partial charge in [-0.05, 0) is 29.7 Å². The Labute approximate surface area is 79.5 Å². The van der Waals surface area contributed by atoms with E-state index in [0.717, 1.165) is 12.2 Å². The van der Waals surface area contributed by atoms with Crippen molar-refractivity contribution in [2.75, 3.05) is 14.2 Å². The number of hydrogen-bond donors (Lipinski definition) is 0. The van der Waals surface area contributed by atoms with E-state index in [0.29, 0.717) is 6.61 Å². The van der Waals surface area contributed by atoms with E-state index in [1.807, 2.05) is 12.1 Å². The smallest absolute Gasteiger partial charge is 0.119 e. The third-order valence-electron chi connectivity index (χ3n) is 2.09. The van der Waals surface area contributed by atoms with Crippen LogP contribution >= 0.6 is 0 Å². The van der Waals surface area contributed by atoms with Crippen molar-refractivity contribution in [3.8, 4) is 5.75 Å². The first-order chi connectivity index (χ1) is 6.31. The molecule has 1 rings (SSSR count). The van der Waals surface area contributed by atoms with Gasteiger partial charge in [-0.2, -0.15) is 0 Å². The molecule has 2 heteroatoms. The maximum Gasteiger partial charge on any atom is 0.119 e. The van der Waals surface area contributed by atoms with Gasteiger partial charge in [-0.15, -0.1) is 0 Å². The molecule has 1 aromatic rings. The molecule has 1 aromatic carbocycles. The van der Waals surface area contributed by atoms with Gasteiger partial charge in [0.2, 0.25) is 0 Å². The van der Waals surface area contributed by atoms with Gasteiger partial charge in [-0.3, -0.25) is 0 Å². The Hall–Kier alpha value is -1.02. The number of hydrogen-bond acceptors (Lipinski definition) is 2. The van der Waals surface area contributed by atoms with Gasteiger partial charge in [0.15, 0.2) is 0 Å². The fourth-order valence-electron chi connectivity index (χ4n) is 1.36. The van der Waals surface area contributed by atoms with Crippen LogP contribution in [0.25, 0.3) is 0 Å². The topological polar surface area (TPSA) is 18.5 Å². The molecule has 0 fully saturated rings. The summed E-state index contributed by atoms with van der Waals surface area (Å²) in [6.07, 6.45) is 1.03. The number of rotatable bonds is 4. The minimum atomic E-state index is 0.653. The second kappa shape index (κ2) is 4.87. The monoisotopic (exact) mass is 180 g/mol. The van der Waals surface area contributed by atoms with Crippen molar-refractivity contribution in [3.05, 3.63) is 29.3 Å². The molecule has 0 amide bonds. The summed E-state index contributed by atoms with van der Waals surface area (Å²) in [6, 6.07) is 6.10. The first kappa shape index (κ1) is 10.1. The van der Waals surface area contributed by atoms with Gasteiger partial charge in [0.05, 0.1) is 13.7 Å². The molecule has 0 heterocycles. The molecule has 0 radical (unpaired) electrons. The standard InChI is InChI=1S/C11H16O2/c1-4-9-5-6-11(13-3)7-10(9)8-12-2/h5-7H,4,8H2,1-3H3. The van der Waals surface area contributed by atoms with Crippen LogP contribution in [0, 0.1) is 0 Å². The maximum absolute atomic E-state index is 5.15. The molecule has 72 valence electrons. The molecular formula is C11H16O2. The van der Waals surface area contributed by atoms with Crippen molar-refractivity contribution < 1.29 is 9.47 Å². The molecule has 0 aliphatic rings. The van der Waals surface area contributed by atoms with Crippen LogP contribution in [0.1, 0.15) is 18.1 Å². The lowest BCUT2D eigenvalue weighted by molar-refractivity contribution is 0.184. The van der Waals surface area contributed by atoms with Gasteiger partial charge in [-0.1, -0.05) is 13.0 Å². The summed E-state index contributed by atoms with van der Waals surface area (Å²) in [5.74, 6) is 0.893. The molecule has 0 atom stereocenters. The molecule has 0 spiro atoms. The summed E-state index contributed by atoms with van der Waals surface area (Å²) in [5, 5.41) is 0. The number of benzene rings is 1. The van der Waals surface area contributed by atoms with E-state index in [1.165, 1.54) is 11.1 Å². The lowest BCUT2D eigenvalue weighted by Crippen LogP contribution is -1.95. The van der Waals surface area contributed by atoms with Crippen LogP contribution in [0.15, 0.2) is 18.2 Å². The molecule has 0 aromatic heterocycles. The third-order valence-corrected chi connectivity index (χ3v) is 2.09. The Morgan fingerprint density at radius 1 is 1.15 bits per heavy atom. The minimum Gasteiger partial charge on any atom is -0.497 e. The minimum absolute atomic E-state index is 0.653. The summed E-state index contributed by atoms with van der Waals surface area (Å²) in [4.78, 5) is 0. The Morgan fingerprint density at radius 3 is 2.46 bits per heavy atom. The van der Waals surface area contributed by atoms with Gasteiger partial charge in [0, 0.05) is 7.11 Å². The van der Waals surface area contributed by atoms with Crippen LogP contribution < -0.4 is 4.74 Å². The van der Waals surface area contributed by atoms with E-state index >= 15 is 0 Å². The van der Waals surface area contributed by atoms with Gasteiger partial charge < -0.3 is 9.47 Å². The summed E-state index contributed by atoms with van der Waals surface area (Å²) in [7, 11) is 3.39. The number of ether oxygens (including phenoxy) is 2. The lowest BCUT2D eigenvalue weighted by atomic mass is 10.1. The second-order valence-electron chi connectivity index (χ2n) is 2.92. The van der Waals surface area contributed by atoms with Gasteiger partial charge in [0.1, 0.15) is 5.75 Å². The average molecular weight is 180 g/mol. The van der Waals surface area contributed by atoms with Crippen LogP contribution in [0.2, 0.25) is 0 Å². The van der Waals surface area contributed by atoms with Crippen molar-refractivity contribution in [2.24, 2.45) is 0 Å². The highest BCUT2D eigenvalue weighted by atomic mass is 16.5. The molecule has 0 aliphatic heterocycles. The average Bonchev–Trinajstić information content (AvgIpc) is 2.18. The largest absolute Gasteiger partial charge is 0.497 e. The molecule has 2 nitrogen and oxygen atoms in total. The molecule has 0 aliphatic carbocycles. The summed E-state index contributed by atoms with van der Waals surface area (Å²) in [5.41, 5.74) is 2.53. The van der Waals surface area contributed by atoms with E-state index in [1.54, 1.807) is 14.2 Å². The zero-order valence-electron chi connectivity index (χ0n) is 8.46. The molecule has 0 saturated carbocycles. The molecule has 0 N–H and O–H groups in total. The van der Waals surface area contributed by atoms with Crippen molar-refractivity contribution in [2.45, 2.75) is 20.0 Å².